The predicted molar refractivity (Wildman–Crippen MR) is 139 cm³/mol. The van der Waals surface area contributed by atoms with Gasteiger partial charge in [0, 0.05) is 24.9 Å². The molecule has 4 rings (SSSR count). The van der Waals surface area contributed by atoms with E-state index in [1.807, 2.05) is 0 Å². The summed E-state index contributed by atoms with van der Waals surface area (Å²) in [4.78, 5) is 31.0. The summed E-state index contributed by atoms with van der Waals surface area (Å²) >= 11 is 0. The zero-order chi connectivity index (χ0) is 26.4. The number of piperidine rings is 1. The van der Waals surface area contributed by atoms with E-state index in [0.29, 0.717) is 47.0 Å². The number of methoxy groups -OCH3 is 1. The van der Waals surface area contributed by atoms with Crippen LogP contribution in [0.5, 0.6) is 5.75 Å². The number of carbonyl (C=O) groups is 2. The average Bonchev–Trinajstić information content (AvgIpc) is 3.48. The van der Waals surface area contributed by atoms with Crippen LogP contribution in [0, 0.1) is 0 Å². The van der Waals surface area contributed by atoms with E-state index in [9.17, 15) is 9.59 Å². The highest BCUT2D eigenvalue weighted by Gasteiger charge is 2.25. The second-order valence-corrected chi connectivity index (χ2v) is 8.51. The topological polar surface area (TPSA) is 153 Å². The number of nitrogens with zero attached hydrogens (tertiary/aromatic N) is 4. The standard InChI is InChI=1S/C26H29N7O4/c1-3-25(34)32-11-5-6-19(14-32)33(28)15-20(27)17-9-10-22(24(12-17)36-2)31-26(35)23-8-4-7-21(30-23)18-13-29-37-16-18/h3-4,7-10,12-13,15-16,19H,1,5-6,11,14,27-28H2,2H3,(H,31,35)/b20-15-/t19-/m0/s1. The molecule has 2 amide bonds. The van der Waals surface area contributed by atoms with Crippen molar-refractivity contribution in [3.05, 3.63) is 79.0 Å². The molecule has 1 aliphatic heterocycles. The van der Waals surface area contributed by atoms with Crippen LogP contribution in [0.15, 0.2) is 72.2 Å². The predicted octanol–water partition coefficient (Wildman–Crippen LogP) is 2.61. The minimum absolute atomic E-state index is 0.0715. The van der Waals surface area contributed by atoms with Gasteiger partial charge in [-0.1, -0.05) is 23.9 Å². The van der Waals surface area contributed by atoms with Crippen molar-refractivity contribution in [1.82, 2.24) is 20.0 Å². The van der Waals surface area contributed by atoms with Gasteiger partial charge >= 0.3 is 0 Å². The van der Waals surface area contributed by atoms with Crippen molar-refractivity contribution in [3.8, 4) is 17.0 Å². The monoisotopic (exact) mass is 503 g/mol. The van der Waals surface area contributed by atoms with E-state index < -0.39 is 5.91 Å². The molecular formula is C26H29N7O4. The van der Waals surface area contributed by atoms with E-state index >= 15 is 0 Å². The number of carbonyl (C=O) groups excluding carboxylic acids is 2. The third-order valence-corrected chi connectivity index (χ3v) is 6.09. The number of anilines is 1. The number of nitrogens with two attached hydrogens (primary N) is 2. The van der Waals surface area contributed by atoms with E-state index in [1.165, 1.54) is 30.7 Å². The zero-order valence-corrected chi connectivity index (χ0v) is 20.5. The second kappa shape index (κ2) is 11.4. The summed E-state index contributed by atoms with van der Waals surface area (Å²) in [5.74, 6) is 6.18. The van der Waals surface area contributed by atoms with Gasteiger partial charge in [0.15, 0.2) is 0 Å². The Morgan fingerprint density at radius 1 is 1.32 bits per heavy atom. The van der Waals surface area contributed by atoms with Crippen LogP contribution in [0.4, 0.5) is 5.69 Å². The number of hydrogen-bond donors (Lipinski definition) is 3. The van der Waals surface area contributed by atoms with Gasteiger partial charge in [-0.15, -0.1) is 0 Å². The third-order valence-electron chi connectivity index (χ3n) is 6.09. The van der Waals surface area contributed by atoms with Crippen molar-refractivity contribution in [3.63, 3.8) is 0 Å². The maximum Gasteiger partial charge on any atom is 0.274 e. The molecule has 2 aromatic heterocycles. The molecule has 0 aliphatic carbocycles. The molecule has 3 aromatic rings. The third kappa shape index (κ3) is 5.96. The Balaban J connectivity index is 1.47. The molecular weight excluding hydrogens is 474 g/mol. The van der Waals surface area contributed by atoms with Crippen LogP contribution in [0.2, 0.25) is 0 Å². The lowest BCUT2D eigenvalue weighted by Gasteiger charge is -2.36. The van der Waals surface area contributed by atoms with Gasteiger partial charge < -0.3 is 30.2 Å². The van der Waals surface area contributed by atoms with Gasteiger partial charge in [0.25, 0.3) is 5.91 Å². The van der Waals surface area contributed by atoms with Crippen LogP contribution in [0.25, 0.3) is 17.0 Å². The zero-order valence-electron chi connectivity index (χ0n) is 20.5. The summed E-state index contributed by atoms with van der Waals surface area (Å²) < 4.78 is 10.3. The number of rotatable bonds is 8. The molecule has 1 saturated heterocycles. The van der Waals surface area contributed by atoms with Gasteiger partial charge in [-0.3, -0.25) is 9.59 Å². The number of hydrogen-bond acceptors (Lipinski definition) is 9. The number of pyridine rings is 1. The lowest BCUT2D eigenvalue weighted by molar-refractivity contribution is -0.127. The molecule has 0 saturated carbocycles. The molecule has 192 valence electrons. The normalized spacial score (nSPS) is 15.7. The summed E-state index contributed by atoms with van der Waals surface area (Å²) in [6, 6.07) is 10.2. The fourth-order valence-corrected chi connectivity index (χ4v) is 4.08. The average molecular weight is 504 g/mol. The van der Waals surface area contributed by atoms with Gasteiger partial charge in [-0.25, -0.2) is 10.8 Å². The van der Waals surface area contributed by atoms with Crippen LogP contribution >= 0.6 is 0 Å². The first kappa shape index (κ1) is 25.5. The first-order chi connectivity index (χ1) is 17.9. The highest BCUT2D eigenvalue weighted by Crippen LogP contribution is 2.28. The number of likely N-dealkylation sites (tertiary alicyclic amines) is 1. The van der Waals surface area contributed by atoms with Crippen LogP contribution in [0.3, 0.4) is 0 Å². The number of ether oxygens (including phenoxy) is 1. The first-order valence-corrected chi connectivity index (χ1v) is 11.7. The smallest absolute Gasteiger partial charge is 0.274 e. The largest absolute Gasteiger partial charge is 0.495 e. The number of hydrazine groups is 1. The van der Waals surface area contributed by atoms with Crippen LogP contribution in [0.1, 0.15) is 28.9 Å². The summed E-state index contributed by atoms with van der Waals surface area (Å²) in [6.07, 6.45) is 7.60. The molecule has 37 heavy (non-hydrogen) atoms. The van der Waals surface area contributed by atoms with Crippen LogP contribution < -0.4 is 21.6 Å². The van der Waals surface area contributed by atoms with E-state index in [1.54, 1.807) is 47.5 Å². The van der Waals surface area contributed by atoms with Crippen molar-refractivity contribution in [2.75, 3.05) is 25.5 Å². The Hall–Kier alpha value is -4.64. The lowest BCUT2D eigenvalue weighted by atomic mass is 10.0. The highest BCUT2D eigenvalue weighted by atomic mass is 16.5. The Morgan fingerprint density at radius 2 is 2.16 bits per heavy atom. The van der Waals surface area contributed by atoms with Gasteiger partial charge in [0.2, 0.25) is 5.91 Å². The second-order valence-electron chi connectivity index (χ2n) is 8.51. The molecule has 0 radical (unpaired) electrons. The minimum Gasteiger partial charge on any atom is -0.495 e. The molecule has 1 fully saturated rings. The SMILES string of the molecule is C=CC(=O)N1CCC[C@H](N(N)/C=C(\N)c2ccc(NC(=O)c3cccc(-c4cnoc4)n3)c(OC)c2)C1. The fourth-order valence-electron chi connectivity index (χ4n) is 4.08. The summed E-state index contributed by atoms with van der Waals surface area (Å²) in [5, 5.41) is 8.03. The first-order valence-electron chi connectivity index (χ1n) is 11.7. The maximum absolute atomic E-state index is 12.9. The van der Waals surface area contributed by atoms with E-state index in [2.05, 4.69) is 22.0 Å². The van der Waals surface area contributed by atoms with Gasteiger partial charge in [0.05, 0.1) is 42.0 Å². The molecule has 3 heterocycles. The molecule has 11 heteroatoms. The van der Waals surface area contributed by atoms with E-state index in [4.69, 9.17) is 20.8 Å². The molecule has 1 aliphatic rings. The molecule has 1 aromatic carbocycles. The van der Waals surface area contributed by atoms with Gasteiger partial charge in [0.1, 0.15) is 17.7 Å². The van der Waals surface area contributed by atoms with Crippen molar-refractivity contribution in [2.45, 2.75) is 18.9 Å². The van der Waals surface area contributed by atoms with Crippen molar-refractivity contribution in [1.29, 1.82) is 0 Å². The lowest BCUT2D eigenvalue weighted by Crippen LogP contribution is -2.50. The molecule has 0 unspecified atom stereocenters. The molecule has 5 N–H and O–H groups in total. The van der Waals surface area contributed by atoms with Crippen LogP contribution in [-0.2, 0) is 4.79 Å². The summed E-state index contributed by atoms with van der Waals surface area (Å²) in [6.45, 7) is 4.72. The van der Waals surface area contributed by atoms with Crippen molar-refractivity contribution >= 4 is 23.2 Å². The molecule has 11 nitrogen and oxygen atoms in total. The number of aromatic nitrogens is 2. The number of benzene rings is 1. The fraction of sp³-hybridized carbons (Fsp3) is 0.231. The highest BCUT2D eigenvalue weighted by molar-refractivity contribution is 6.04. The Labute approximate surface area is 214 Å². The van der Waals surface area contributed by atoms with Crippen LogP contribution in [-0.4, -0.2) is 58.1 Å². The molecule has 0 bridgehead atoms. The van der Waals surface area contributed by atoms with Gasteiger partial charge in [-0.05, 0) is 43.2 Å². The minimum atomic E-state index is -0.406. The Kier molecular flexibility index (Phi) is 7.84. The number of amides is 2. The molecule has 0 spiro atoms. The summed E-state index contributed by atoms with van der Waals surface area (Å²) in [5.41, 5.74) is 9.31. The van der Waals surface area contributed by atoms with Crippen molar-refractivity contribution in [2.24, 2.45) is 11.6 Å². The van der Waals surface area contributed by atoms with E-state index in [-0.39, 0.29) is 17.6 Å². The summed E-state index contributed by atoms with van der Waals surface area (Å²) in [7, 11) is 1.50. The Morgan fingerprint density at radius 3 is 2.89 bits per heavy atom. The van der Waals surface area contributed by atoms with Crippen molar-refractivity contribution < 1.29 is 18.8 Å². The quantitative estimate of drug-likeness (QED) is 0.239. The Bertz CT molecular complexity index is 1310. The van der Waals surface area contributed by atoms with E-state index in [0.717, 1.165) is 12.8 Å². The van der Waals surface area contributed by atoms with Gasteiger partial charge in [-0.2, -0.15) is 0 Å². The maximum atomic E-state index is 12.9. The molecule has 1 atom stereocenters. The number of nitrogens with one attached hydrogen (secondary N) is 1.